The van der Waals surface area contributed by atoms with Crippen LogP contribution < -0.4 is 4.90 Å². The van der Waals surface area contributed by atoms with Crippen molar-refractivity contribution in [2.45, 2.75) is 69.6 Å². The molecule has 1 unspecified atom stereocenters. The Kier molecular flexibility index (Phi) is 3.09. The third-order valence-corrected chi connectivity index (χ3v) is 6.02. The van der Waals surface area contributed by atoms with E-state index in [0.717, 1.165) is 19.4 Å². The molecule has 1 aromatic rings. The number of nitrogens with zero attached hydrogens (tertiary/aromatic N) is 1. The molecule has 3 aliphatic rings. The summed E-state index contributed by atoms with van der Waals surface area (Å²) in [6, 6.07) is 6.72. The second kappa shape index (κ2) is 4.86. The van der Waals surface area contributed by atoms with Crippen molar-refractivity contribution in [2.75, 3.05) is 11.4 Å². The number of hydrogen-bond acceptors (Lipinski definition) is 1. The Morgan fingerprint density at radius 1 is 1.14 bits per heavy atom. The van der Waals surface area contributed by atoms with Crippen molar-refractivity contribution in [2.24, 2.45) is 0 Å². The minimum atomic E-state index is 0.320. The van der Waals surface area contributed by atoms with Gasteiger partial charge >= 0.3 is 0 Å². The molecule has 2 fully saturated rings. The summed E-state index contributed by atoms with van der Waals surface area (Å²) in [4.78, 5) is 14.2. The fraction of sp³-hybridized carbons (Fsp3) is 0.632. The van der Waals surface area contributed by atoms with Gasteiger partial charge in [-0.2, -0.15) is 0 Å². The summed E-state index contributed by atoms with van der Waals surface area (Å²) in [5.74, 6) is 0.919. The van der Waals surface area contributed by atoms with E-state index in [9.17, 15) is 4.79 Å². The van der Waals surface area contributed by atoms with E-state index in [-0.39, 0.29) is 0 Å². The van der Waals surface area contributed by atoms with Gasteiger partial charge in [0.15, 0.2) is 0 Å². The Balaban J connectivity index is 1.81. The summed E-state index contributed by atoms with van der Waals surface area (Å²) >= 11 is 0. The average Bonchev–Trinajstić information content (AvgIpc) is 3.03. The lowest BCUT2D eigenvalue weighted by atomic mass is 9.70. The van der Waals surface area contributed by atoms with Gasteiger partial charge in [-0.1, -0.05) is 38.3 Å². The van der Waals surface area contributed by atoms with Crippen molar-refractivity contribution < 1.29 is 4.79 Å². The molecule has 0 aromatic heterocycles. The highest BCUT2D eigenvalue weighted by molar-refractivity contribution is 5.96. The molecular weight excluding hydrogens is 258 g/mol. The van der Waals surface area contributed by atoms with Crippen LogP contribution in [-0.4, -0.2) is 12.5 Å². The Morgan fingerprint density at radius 3 is 2.67 bits per heavy atom. The maximum Gasteiger partial charge on any atom is 0.227 e. The van der Waals surface area contributed by atoms with Crippen molar-refractivity contribution in [1.29, 1.82) is 0 Å². The summed E-state index contributed by atoms with van der Waals surface area (Å²) in [7, 11) is 0. The summed E-state index contributed by atoms with van der Waals surface area (Å²) in [5, 5.41) is 0. The largest absolute Gasteiger partial charge is 0.312 e. The minimum Gasteiger partial charge on any atom is -0.312 e. The molecule has 1 amide bonds. The van der Waals surface area contributed by atoms with Crippen LogP contribution in [-0.2, 0) is 10.2 Å². The quantitative estimate of drug-likeness (QED) is 0.742. The van der Waals surface area contributed by atoms with Gasteiger partial charge in [0.2, 0.25) is 5.91 Å². The second-order valence-corrected chi connectivity index (χ2v) is 7.33. The fourth-order valence-electron chi connectivity index (χ4n) is 5.17. The number of carbonyl (C=O) groups is 1. The zero-order valence-corrected chi connectivity index (χ0v) is 13.0. The molecule has 2 nitrogen and oxygen atoms in total. The first-order valence-corrected chi connectivity index (χ1v) is 8.65. The van der Waals surface area contributed by atoms with Crippen molar-refractivity contribution in [3.05, 3.63) is 29.3 Å². The van der Waals surface area contributed by atoms with Crippen LogP contribution in [0.4, 0.5) is 5.69 Å². The van der Waals surface area contributed by atoms with Crippen LogP contribution in [0.3, 0.4) is 0 Å². The molecule has 1 saturated carbocycles. The third-order valence-electron chi connectivity index (χ3n) is 6.02. The number of hydrogen-bond donors (Lipinski definition) is 0. The van der Waals surface area contributed by atoms with Crippen LogP contribution in [0.15, 0.2) is 18.2 Å². The normalized spacial score (nSPS) is 27.4. The van der Waals surface area contributed by atoms with Gasteiger partial charge in [-0.05, 0) is 54.2 Å². The van der Waals surface area contributed by atoms with E-state index in [0.29, 0.717) is 17.2 Å². The summed E-state index contributed by atoms with van der Waals surface area (Å²) in [6.07, 6.45) is 9.88. The predicted octanol–water partition coefficient (Wildman–Crippen LogP) is 4.52. The number of benzene rings is 1. The number of carbonyl (C=O) groups excluding carboxylic acids is 1. The van der Waals surface area contributed by atoms with Gasteiger partial charge in [0.1, 0.15) is 0 Å². The van der Waals surface area contributed by atoms with Crippen molar-refractivity contribution in [3.8, 4) is 0 Å². The molecule has 21 heavy (non-hydrogen) atoms. The highest BCUT2D eigenvalue weighted by Crippen LogP contribution is 2.55. The van der Waals surface area contributed by atoms with E-state index >= 15 is 0 Å². The molecule has 2 heteroatoms. The molecular formula is C19H25NO. The van der Waals surface area contributed by atoms with Crippen LogP contribution in [0.5, 0.6) is 0 Å². The molecule has 0 bridgehead atoms. The van der Waals surface area contributed by atoms with E-state index < -0.39 is 0 Å². The van der Waals surface area contributed by atoms with Gasteiger partial charge in [0.05, 0.1) is 0 Å². The van der Waals surface area contributed by atoms with E-state index in [2.05, 4.69) is 30.0 Å². The molecule has 1 aromatic carbocycles. The Hall–Kier alpha value is -1.31. The Bertz CT molecular complexity index is 571. The van der Waals surface area contributed by atoms with Crippen LogP contribution >= 0.6 is 0 Å². The number of anilines is 1. The molecule has 4 rings (SSSR count). The monoisotopic (exact) mass is 283 g/mol. The maximum atomic E-state index is 12.2. The van der Waals surface area contributed by atoms with E-state index in [4.69, 9.17) is 0 Å². The fourth-order valence-corrected chi connectivity index (χ4v) is 5.17. The first-order valence-electron chi connectivity index (χ1n) is 8.65. The zero-order chi connectivity index (χ0) is 14.4. The van der Waals surface area contributed by atoms with Crippen LogP contribution in [0.2, 0.25) is 0 Å². The smallest absolute Gasteiger partial charge is 0.227 e. The van der Waals surface area contributed by atoms with Gasteiger partial charge in [0.25, 0.3) is 0 Å². The molecule has 0 radical (unpaired) electrons. The van der Waals surface area contributed by atoms with Crippen LogP contribution in [0.1, 0.15) is 75.3 Å². The summed E-state index contributed by atoms with van der Waals surface area (Å²) in [6.45, 7) is 3.28. The van der Waals surface area contributed by atoms with Gasteiger partial charge in [-0.15, -0.1) is 0 Å². The average molecular weight is 283 g/mol. The summed E-state index contributed by atoms with van der Waals surface area (Å²) in [5.41, 5.74) is 4.72. The first kappa shape index (κ1) is 13.4. The van der Waals surface area contributed by atoms with E-state index in [1.807, 2.05) is 0 Å². The SMILES string of the molecule is CC1CC2(CCCCC2)c2cccc(N3CCCC3=O)c21. The molecule has 1 aliphatic heterocycles. The number of rotatable bonds is 1. The zero-order valence-electron chi connectivity index (χ0n) is 13.0. The van der Waals surface area contributed by atoms with Crippen molar-refractivity contribution in [3.63, 3.8) is 0 Å². The third kappa shape index (κ3) is 1.95. The van der Waals surface area contributed by atoms with E-state index in [1.165, 1.54) is 49.8 Å². The topological polar surface area (TPSA) is 20.3 Å². The van der Waals surface area contributed by atoms with Crippen molar-refractivity contribution >= 4 is 11.6 Å². The molecule has 0 N–H and O–H groups in total. The lowest BCUT2D eigenvalue weighted by Gasteiger charge is -2.35. The van der Waals surface area contributed by atoms with Crippen LogP contribution in [0.25, 0.3) is 0 Å². The van der Waals surface area contributed by atoms with Gasteiger partial charge in [0, 0.05) is 18.7 Å². The molecule has 1 heterocycles. The van der Waals surface area contributed by atoms with Gasteiger partial charge in [-0.3, -0.25) is 4.79 Å². The Morgan fingerprint density at radius 2 is 1.95 bits per heavy atom. The molecule has 2 aliphatic carbocycles. The van der Waals surface area contributed by atoms with Gasteiger partial charge < -0.3 is 4.90 Å². The highest BCUT2D eigenvalue weighted by atomic mass is 16.2. The van der Waals surface area contributed by atoms with Gasteiger partial charge in [-0.25, -0.2) is 0 Å². The number of fused-ring (bicyclic) bond motifs is 2. The molecule has 1 atom stereocenters. The molecule has 112 valence electrons. The minimum absolute atomic E-state index is 0.320. The lowest BCUT2D eigenvalue weighted by Crippen LogP contribution is -2.27. The number of amides is 1. The maximum absolute atomic E-state index is 12.2. The second-order valence-electron chi connectivity index (χ2n) is 7.33. The molecule has 1 saturated heterocycles. The predicted molar refractivity (Wildman–Crippen MR) is 85.8 cm³/mol. The lowest BCUT2D eigenvalue weighted by molar-refractivity contribution is -0.117. The molecule has 1 spiro atoms. The van der Waals surface area contributed by atoms with E-state index in [1.54, 1.807) is 5.56 Å². The standard InChI is InChI=1S/C19H25NO/c1-14-13-19(10-3-2-4-11-19)15-7-5-8-16(18(14)15)20-12-6-9-17(20)21/h5,7-8,14H,2-4,6,9-13H2,1H3. The first-order chi connectivity index (χ1) is 10.2. The highest BCUT2D eigenvalue weighted by Gasteiger charge is 2.44. The summed E-state index contributed by atoms with van der Waals surface area (Å²) < 4.78 is 0. The van der Waals surface area contributed by atoms with Crippen molar-refractivity contribution in [1.82, 2.24) is 0 Å². The van der Waals surface area contributed by atoms with Crippen LogP contribution in [0, 0.1) is 0 Å². The Labute approximate surface area is 127 Å².